The molecule has 4 atom stereocenters. The lowest BCUT2D eigenvalue weighted by atomic mass is 9.84. The molecule has 106 valence electrons. The number of nitrogens with zero attached hydrogens (tertiary/aromatic N) is 1. The number of rotatable bonds is 2. The molecule has 1 saturated heterocycles. The zero-order valence-corrected chi connectivity index (χ0v) is 12.3. The van der Waals surface area contributed by atoms with Gasteiger partial charge in [0.15, 0.2) is 0 Å². The lowest BCUT2D eigenvalue weighted by molar-refractivity contribution is 0.0460. The van der Waals surface area contributed by atoms with Crippen LogP contribution in [0.15, 0.2) is 18.2 Å². The quantitative estimate of drug-likeness (QED) is 0.858. The number of phenols is 2. The Kier molecular flexibility index (Phi) is 4.04. The van der Waals surface area contributed by atoms with Gasteiger partial charge in [0, 0.05) is 24.7 Å². The predicted molar refractivity (Wildman–Crippen MR) is 77.3 cm³/mol. The molecule has 0 aliphatic carbocycles. The third kappa shape index (κ3) is 3.03. The molecule has 2 rings (SSSR count). The summed E-state index contributed by atoms with van der Waals surface area (Å²) < 4.78 is 0. The molecular formula is C16H25NO2. The number of hydrogen-bond acceptors (Lipinski definition) is 3. The SMILES string of the molecule is CC1CC(C)C(C)N(C(C)c2cc(O)cc(O)c2)C1. The first-order valence-corrected chi connectivity index (χ1v) is 7.17. The molecule has 0 saturated carbocycles. The average molecular weight is 263 g/mol. The van der Waals surface area contributed by atoms with Crippen molar-refractivity contribution >= 4 is 0 Å². The maximum absolute atomic E-state index is 9.63. The van der Waals surface area contributed by atoms with Gasteiger partial charge in [0.2, 0.25) is 0 Å². The van der Waals surface area contributed by atoms with E-state index in [4.69, 9.17) is 0 Å². The van der Waals surface area contributed by atoms with Gasteiger partial charge in [-0.05, 0) is 49.8 Å². The van der Waals surface area contributed by atoms with Crippen LogP contribution in [0.1, 0.15) is 45.7 Å². The van der Waals surface area contributed by atoms with Gasteiger partial charge in [0.1, 0.15) is 11.5 Å². The van der Waals surface area contributed by atoms with Crippen LogP contribution in [0.5, 0.6) is 11.5 Å². The van der Waals surface area contributed by atoms with E-state index in [1.807, 2.05) is 0 Å². The smallest absolute Gasteiger partial charge is 0.119 e. The number of likely N-dealkylation sites (tertiary alicyclic amines) is 1. The number of benzene rings is 1. The highest BCUT2D eigenvalue weighted by molar-refractivity contribution is 5.38. The van der Waals surface area contributed by atoms with Crippen LogP contribution < -0.4 is 0 Å². The van der Waals surface area contributed by atoms with Crippen LogP contribution >= 0.6 is 0 Å². The first-order chi connectivity index (χ1) is 8.88. The molecule has 1 aliphatic rings. The zero-order chi connectivity index (χ0) is 14.2. The maximum atomic E-state index is 9.63. The molecule has 0 radical (unpaired) electrons. The molecule has 0 spiro atoms. The monoisotopic (exact) mass is 263 g/mol. The number of aromatic hydroxyl groups is 2. The van der Waals surface area contributed by atoms with Crippen LogP contribution in [0.2, 0.25) is 0 Å². The van der Waals surface area contributed by atoms with Crippen LogP contribution in [0.3, 0.4) is 0 Å². The molecule has 0 bridgehead atoms. The highest BCUT2D eigenvalue weighted by Gasteiger charge is 2.32. The van der Waals surface area contributed by atoms with Crippen LogP contribution in [-0.2, 0) is 0 Å². The van der Waals surface area contributed by atoms with Gasteiger partial charge < -0.3 is 10.2 Å². The Bertz CT molecular complexity index is 426. The van der Waals surface area contributed by atoms with E-state index in [9.17, 15) is 10.2 Å². The molecule has 1 aromatic carbocycles. The molecule has 1 fully saturated rings. The summed E-state index contributed by atoms with van der Waals surface area (Å²) in [5.74, 6) is 1.64. The van der Waals surface area contributed by atoms with E-state index in [1.165, 1.54) is 12.5 Å². The first kappa shape index (κ1) is 14.2. The van der Waals surface area contributed by atoms with Crippen molar-refractivity contribution in [1.29, 1.82) is 0 Å². The van der Waals surface area contributed by atoms with Crippen LogP contribution in [0.25, 0.3) is 0 Å². The van der Waals surface area contributed by atoms with Gasteiger partial charge in [-0.3, -0.25) is 4.90 Å². The van der Waals surface area contributed by atoms with Crippen LogP contribution in [0, 0.1) is 11.8 Å². The van der Waals surface area contributed by atoms with E-state index in [0.717, 1.165) is 12.1 Å². The summed E-state index contributed by atoms with van der Waals surface area (Å²) >= 11 is 0. The predicted octanol–water partition coefficient (Wildman–Crippen LogP) is 3.53. The molecular weight excluding hydrogens is 238 g/mol. The molecule has 1 heterocycles. The molecule has 3 heteroatoms. The Labute approximate surface area is 115 Å². The summed E-state index contributed by atoms with van der Waals surface area (Å²) in [4.78, 5) is 2.48. The van der Waals surface area contributed by atoms with E-state index in [0.29, 0.717) is 17.9 Å². The summed E-state index contributed by atoms with van der Waals surface area (Å²) in [6.45, 7) is 10.1. The minimum Gasteiger partial charge on any atom is -0.508 e. The standard InChI is InChI=1S/C16H25NO2/c1-10-5-11(2)12(3)17(9-10)13(4)14-6-15(18)8-16(19)7-14/h6-8,10-13,18-19H,5,9H2,1-4H3. The van der Waals surface area contributed by atoms with Crippen molar-refractivity contribution in [1.82, 2.24) is 4.90 Å². The fourth-order valence-corrected chi connectivity index (χ4v) is 3.32. The molecule has 1 aliphatic heterocycles. The lowest BCUT2D eigenvalue weighted by Gasteiger charge is -2.44. The number of piperidine rings is 1. The topological polar surface area (TPSA) is 43.7 Å². The van der Waals surface area contributed by atoms with Crippen molar-refractivity contribution in [3.05, 3.63) is 23.8 Å². The van der Waals surface area contributed by atoms with Gasteiger partial charge in [0.05, 0.1) is 0 Å². The maximum Gasteiger partial charge on any atom is 0.119 e. The van der Waals surface area contributed by atoms with Gasteiger partial charge in [-0.25, -0.2) is 0 Å². The van der Waals surface area contributed by atoms with E-state index in [-0.39, 0.29) is 17.5 Å². The Hall–Kier alpha value is -1.22. The van der Waals surface area contributed by atoms with Gasteiger partial charge in [-0.1, -0.05) is 13.8 Å². The second-order valence-electron chi connectivity index (χ2n) is 6.21. The second kappa shape index (κ2) is 5.41. The van der Waals surface area contributed by atoms with Crippen LogP contribution in [0.4, 0.5) is 0 Å². The van der Waals surface area contributed by atoms with Gasteiger partial charge in [0.25, 0.3) is 0 Å². The second-order valence-corrected chi connectivity index (χ2v) is 6.21. The minimum absolute atomic E-state index is 0.132. The molecule has 2 N–H and O–H groups in total. The van der Waals surface area contributed by atoms with E-state index < -0.39 is 0 Å². The third-order valence-electron chi connectivity index (χ3n) is 4.55. The molecule has 19 heavy (non-hydrogen) atoms. The molecule has 3 nitrogen and oxygen atoms in total. The van der Waals surface area contributed by atoms with Crippen molar-refractivity contribution in [2.45, 2.75) is 46.2 Å². The fraction of sp³-hybridized carbons (Fsp3) is 0.625. The summed E-state index contributed by atoms with van der Waals surface area (Å²) in [6, 6.07) is 5.61. The molecule has 0 aromatic heterocycles. The van der Waals surface area contributed by atoms with E-state index in [2.05, 4.69) is 32.6 Å². The van der Waals surface area contributed by atoms with Crippen molar-refractivity contribution in [3.63, 3.8) is 0 Å². The summed E-state index contributed by atoms with van der Waals surface area (Å²) in [5, 5.41) is 19.3. The molecule has 4 unspecified atom stereocenters. The minimum atomic E-state index is 0.132. The Balaban J connectivity index is 2.24. The molecule has 0 amide bonds. The third-order valence-corrected chi connectivity index (χ3v) is 4.55. The zero-order valence-electron chi connectivity index (χ0n) is 12.3. The van der Waals surface area contributed by atoms with Crippen molar-refractivity contribution in [2.24, 2.45) is 11.8 Å². The van der Waals surface area contributed by atoms with E-state index >= 15 is 0 Å². The lowest BCUT2D eigenvalue weighted by Crippen LogP contribution is -2.46. The summed E-state index contributed by atoms with van der Waals surface area (Å²) in [5.41, 5.74) is 0.977. The highest BCUT2D eigenvalue weighted by Crippen LogP contribution is 2.35. The Morgan fingerprint density at radius 1 is 1.11 bits per heavy atom. The van der Waals surface area contributed by atoms with Crippen molar-refractivity contribution in [3.8, 4) is 11.5 Å². The summed E-state index contributed by atoms with van der Waals surface area (Å²) in [7, 11) is 0. The normalized spacial score (nSPS) is 30.2. The van der Waals surface area contributed by atoms with Gasteiger partial charge >= 0.3 is 0 Å². The average Bonchev–Trinajstić information content (AvgIpc) is 2.31. The first-order valence-electron chi connectivity index (χ1n) is 7.17. The summed E-state index contributed by atoms with van der Waals surface area (Å²) in [6.07, 6.45) is 1.27. The van der Waals surface area contributed by atoms with Gasteiger partial charge in [-0.2, -0.15) is 0 Å². The fourth-order valence-electron chi connectivity index (χ4n) is 3.32. The van der Waals surface area contributed by atoms with Crippen LogP contribution in [-0.4, -0.2) is 27.7 Å². The largest absolute Gasteiger partial charge is 0.508 e. The van der Waals surface area contributed by atoms with E-state index in [1.54, 1.807) is 12.1 Å². The van der Waals surface area contributed by atoms with Crippen molar-refractivity contribution < 1.29 is 10.2 Å². The number of hydrogen-bond donors (Lipinski definition) is 2. The Morgan fingerprint density at radius 2 is 1.68 bits per heavy atom. The van der Waals surface area contributed by atoms with Gasteiger partial charge in [-0.15, -0.1) is 0 Å². The van der Waals surface area contributed by atoms with Crippen molar-refractivity contribution in [2.75, 3.05) is 6.54 Å². The Morgan fingerprint density at radius 3 is 2.26 bits per heavy atom. The number of phenolic OH excluding ortho intramolecular Hbond substituents is 2. The molecule has 1 aromatic rings. The highest BCUT2D eigenvalue weighted by atomic mass is 16.3.